The molecule has 1 aliphatic rings. The maximum atomic E-state index is 12.0. The first-order valence-corrected chi connectivity index (χ1v) is 7.14. The van der Waals surface area contributed by atoms with Crippen LogP contribution in [0.1, 0.15) is 53.9 Å². The summed E-state index contributed by atoms with van der Waals surface area (Å²) in [5.74, 6) is 0.0596. The van der Waals surface area contributed by atoms with Crippen LogP contribution < -0.4 is 11.1 Å². The van der Waals surface area contributed by atoms with Gasteiger partial charge in [-0.1, -0.05) is 34.6 Å². The fourth-order valence-electron chi connectivity index (χ4n) is 2.88. The van der Waals surface area contributed by atoms with E-state index in [4.69, 9.17) is 10.5 Å². The lowest BCUT2D eigenvalue weighted by Gasteiger charge is -2.51. The van der Waals surface area contributed by atoms with Gasteiger partial charge < -0.3 is 15.8 Å². The van der Waals surface area contributed by atoms with E-state index < -0.39 is 0 Å². The zero-order valence-corrected chi connectivity index (χ0v) is 13.2. The van der Waals surface area contributed by atoms with Gasteiger partial charge in [0.2, 0.25) is 5.91 Å². The number of nitrogens with one attached hydrogen (secondary N) is 1. The van der Waals surface area contributed by atoms with E-state index in [2.05, 4.69) is 39.9 Å². The molecule has 112 valence electrons. The fourth-order valence-corrected chi connectivity index (χ4v) is 2.88. The van der Waals surface area contributed by atoms with E-state index in [0.717, 1.165) is 12.8 Å². The normalized spacial score (nSPS) is 27.5. The Morgan fingerprint density at radius 2 is 2.05 bits per heavy atom. The third-order valence-electron chi connectivity index (χ3n) is 4.12. The molecule has 1 amide bonds. The van der Waals surface area contributed by atoms with Gasteiger partial charge in [-0.15, -0.1) is 0 Å². The molecular formula is C15H30N2O2. The van der Waals surface area contributed by atoms with E-state index in [9.17, 15) is 4.79 Å². The Kier molecular flexibility index (Phi) is 5.02. The number of rotatable bonds is 5. The van der Waals surface area contributed by atoms with Crippen LogP contribution in [0.2, 0.25) is 0 Å². The van der Waals surface area contributed by atoms with Crippen molar-refractivity contribution in [1.82, 2.24) is 5.32 Å². The van der Waals surface area contributed by atoms with Crippen molar-refractivity contribution in [1.29, 1.82) is 0 Å². The molecule has 0 saturated heterocycles. The van der Waals surface area contributed by atoms with Crippen molar-refractivity contribution in [3.63, 3.8) is 0 Å². The third kappa shape index (κ3) is 4.46. The van der Waals surface area contributed by atoms with Crippen molar-refractivity contribution in [2.45, 2.75) is 72.1 Å². The first-order chi connectivity index (χ1) is 8.56. The van der Waals surface area contributed by atoms with Gasteiger partial charge in [0, 0.05) is 31.0 Å². The van der Waals surface area contributed by atoms with Crippen LogP contribution in [0.3, 0.4) is 0 Å². The number of ether oxygens (including phenoxy) is 1. The van der Waals surface area contributed by atoms with Crippen LogP contribution in [-0.2, 0) is 9.53 Å². The third-order valence-corrected chi connectivity index (χ3v) is 4.12. The molecule has 1 aliphatic carbocycles. The van der Waals surface area contributed by atoms with Gasteiger partial charge in [-0.25, -0.2) is 0 Å². The van der Waals surface area contributed by atoms with E-state index in [-0.39, 0.29) is 34.9 Å². The molecule has 0 spiro atoms. The largest absolute Gasteiger partial charge is 0.381 e. The average molecular weight is 270 g/mol. The van der Waals surface area contributed by atoms with Gasteiger partial charge in [0.05, 0.1) is 6.10 Å². The lowest BCUT2D eigenvalue weighted by Crippen LogP contribution is -2.62. The minimum atomic E-state index is -0.0681. The second-order valence-electron chi connectivity index (χ2n) is 7.63. The molecule has 3 N–H and O–H groups in total. The zero-order valence-electron chi connectivity index (χ0n) is 13.2. The van der Waals surface area contributed by atoms with Crippen LogP contribution in [0, 0.1) is 10.8 Å². The van der Waals surface area contributed by atoms with E-state index in [1.807, 2.05) is 0 Å². The Morgan fingerprint density at radius 3 is 2.47 bits per heavy atom. The lowest BCUT2D eigenvalue weighted by molar-refractivity contribution is -0.133. The maximum absolute atomic E-state index is 12.0. The Bertz CT molecular complexity index is 321. The summed E-state index contributed by atoms with van der Waals surface area (Å²) in [6, 6.07) is 0.133. The van der Waals surface area contributed by atoms with Gasteiger partial charge in [-0.2, -0.15) is 0 Å². The van der Waals surface area contributed by atoms with E-state index >= 15 is 0 Å². The van der Waals surface area contributed by atoms with Gasteiger partial charge >= 0.3 is 0 Å². The average Bonchev–Trinajstić information content (AvgIpc) is 2.20. The van der Waals surface area contributed by atoms with Gasteiger partial charge in [-0.3, -0.25) is 4.79 Å². The summed E-state index contributed by atoms with van der Waals surface area (Å²) in [6.45, 7) is 10.7. The molecule has 0 aliphatic heterocycles. The van der Waals surface area contributed by atoms with Crippen LogP contribution in [0.15, 0.2) is 0 Å². The summed E-state index contributed by atoms with van der Waals surface area (Å²) in [5.41, 5.74) is 6.21. The van der Waals surface area contributed by atoms with E-state index in [1.165, 1.54) is 0 Å². The Hall–Kier alpha value is -0.610. The molecule has 19 heavy (non-hydrogen) atoms. The van der Waals surface area contributed by atoms with Crippen LogP contribution in [0.25, 0.3) is 0 Å². The van der Waals surface area contributed by atoms with Gasteiger partial charge in [0.1, 0.15) is 0 Å². The number of methoxy groups -OCH3 is 1. The Balaban J connectivity index is 2.37. The summed E-state index contributed by atoms with van der Waals surface area (Å²) in [7, 11) is 1.73. The molecule has 3 unspecified atom stereocenters. The molecule has 1 saturated carbocycles. The highest BCUT2D eigenvalue weighted by molar-refractivity contribution is 5.77. The molecular weight excluding hydrogens is 240 g/mol. The van der Waals surface area contributed by atoms with Gasteiger partial charge in [-0.05, 0) is 18.3 Å². The number of carbonyl (C=O) groups is 1. The van der Waals surface area contributed by atoms with Crippen molar-refractivity contribution >= 4 is 5.91 Å². The van der Waals surface area contributed by atoms with Crippen molar-refractivity contribution in [2.75, 3.05) is 7.11 Å². The zero-order chi connectivity index (χ0) is 14.8. The molecule has 0 heterocycles. The summed E-state index contributed by atoms with van der Waals surface area (Å²) in [6.07, 6.45) is 2.39. The summed E-state index contributed by atoms with van der Waals surface area (Å²) in [5, 5.41) is 3.09. The number of carbonyl (C=O) groups excluding carboxylic acids is 1. The fraction of sp³-hybridized carbons (Fsp3) is 0.933. The van der Waals surface area contributed by atoms with Crippen LogP contribution in [0.4, 0.5) is 0 Å². The predicted octanol–water partition coefficient (Wildman–Crippen LogP) is 2.07. The smallest absolute Gasteiger partial charge is 0.221 e. The number of nitrogens with two attached hydrogens (primary N) is 1. The van der Waals surface area contributed by atoms with Crippen LogP contribution >= 0.6 is 0 Å². The number of hydrogen-bond acceptors (Lipinski definition) is 3. The minimum Gasteiger partial charge on any atom is -0.381 e. The highest BCUT2D eigenvalue weighted by atomic mass is 16.5. The van der Waals surface area contributed by atoms with Crippen molar-refractivity contribution in [3.05, 3.63) is 0 Å². The van der Waals surface area contributed by atoms with Gasteiger partial charge in [0.25, 0.3) is 0 Å². The predicted molar refractivity (Wildman–Crippen MR) is 77.8 cm³/mol. The maximum Gasteiger partial charge on any atom is 0.221 e. The second kappa shape index (κ2) is 5.80. The topological polar surface area (TPSA) is 64.3 Å². The monoisotopic (exact) mass is 270 g/mol. The Labute approximate surface area is 117 Å². The highest BCUT2D eigenvalue weighted by Crippen LogP contribution is 2.42. The van der Waals surface area contributed by atoms with E-state index in [1.54, 1.807) is 7.11 Å². The summed E-state index contributed by atoms with van der Waals surface area (Å²) < 4.78 is 5.38. The molecule has 0 bridgehead atoms. The first kappa shape index (κ1) is 16.4. The SMILES string of the molecule is COC1CC(NC(=O)CC(N)CC(C)(C)C)C1(C)C. The molecule has 1 rings (SSSR count). The first-order valence-electron chi connectivity index (χ1n) is 7.14. The van der Waals surface area contributed by atoms with Crippen molar-refractivity contribution < 1.29 is 9.53 Å². The second-order valence-corrected chi connectivity index (χ2v) is 7.63. The molecule has 0 radical (unpaired) electrons. The van der Waals surface area contributed by atoms with E-state index in [0.29, 0.717) is 6.42 Å². The van der Waals surface area contributed by atoms with Crippen molar-refractivity contribution in [2.24, 2.45) is 16.6 Å². The molecule has 4 nitrogen and oxygen atoms in total. The van der Waals surface area contributed by atoms with Crippen LogP contribution in [0.5, 0.6) is 0 Å². The quantitative estimate of drug-likeness (QED) is 0.804. The highest BCUT2D eigenvalue weighted by Gasteiger charge is 2.49. The van der Waals surface area contributed by atoms with Crippen molar-refractivity contribution in [3.8, 4) is 0 Å². The molecule has 0 aromatic carbocycles. The number of amides is 1. The van der Waals surface area contributed by atoms with Crippen LogP contribution in [-0.4, -0.2) is 31.2 Å². The molecule has 0 aromatic rings. The lowest BCUT2D eigenvalue weighted by atomic mass is 9.64. The molecule has 3 atom stereocenters. The number of hydrogen-bond donors (Lipinski definition) is 2. The Morgan fingerprint density at radius 1 is 1.47 bits per heavy atom. The standard InChI is InChI=1S/C15H30N2O2/c1-14(2,3)9-10(16)7-13(18)17-11-8-12(19-6)15(11,4)5/h10-12H,7-9,16H2,1-6H3,(H,17,18). The summed E-state index contributed by atoms with van der Waals surface area (Å²) in [4.78, 5) is 12.0. The van der Waals surface area contributed by atoms with Gasteiger partial charge in [0.15, 0.2) is 0 Å². The molecule has 4 heteroatoms. The molecule has 0 aromatic heterocycles. The summed E-state index contributed by atoms with van der Waals surface area (Å²) >= 11 is 0. The minimum absolute atomic E-state index is 0.0124. The molecule has 1 fully saturated rings.